The molecular formula is C11H14N2O2. The Kier molecular flexibility index (Phi) is 2.68. The summed E-state index contributed by atoms with van der Waals surface area (Å²) in [5.74, 6) is -0.765. The van der Waals surface area contributed by atoms with E-state index >= 15 is 0 Å². The van der Waals surface area contributed by atoms with E-state index in [1.807, 2.05) is 19.2 Å². The number of nitrogens with one attached hydrogen (secondary N) is 1. The van der Waals surface area contributed by atoms with Crippen LogP contribution < -0.4 is 5.32 Å². The molecule has 2 unspecified atom stereocenters. The van der Waals surface area contributed by atoms with Crippen molar-refractivity contribution < 1.29 is 9.90 Å². The van der Waals surface area contributed by atoms with Crippen LogP contribution in [0.5, 0.6) is 0 Å². The summed E-state index contributed by atoms with van der Waals surface area (Å²) in [5.41, 5.74) is 2.27. The molecule has 0 aliphatic carbocycles. The van der Waals surface area contributed by atoms with E-state index in [2.05, 4.69) is 10.3 Å². The molecule has 1 saturated heterocycles. The Bertz CT molecular complexity index is 379. The molecule has 0 aromatic carbocycles. The van der Waals surface area contributed by atoms with E-state index in [0.29, 0.717) is 6.42 Å². The van der Waals surface area contributed by atoms with Crippen molar-refractivity contribution >= 4 is 5.97 Å². The predicted octanol–water partition coefficient (Wildman–Crippen LogP) is 1.27. The van der Waals surface area contributed by atoms with Crippen molar-refractivity contribution in [3.63, 3.8) is 0 Å². The molecule has 2 rings (SSSR count). The molecule has 2 heterocycles. The van der Waals surface area contributed by atoms with Crippen molar-refractivity contribution in [2.24, 2.45) is 0 Å². The molecule has 4 heteroatoms. The van der Waals surface area contributed by atoms with Gasteiger partial charge in [-0.05, 0) is 37.0 Å². The van der Waals surface area contributed by atoms with Gasteiger partial charge in [0.05, 0.1) is 0 Å². The summed E-state index contributed by atoms with van der Waals surface area (Å²) in [6.07, 6.45) is 5.12. The summed E-state index contributed by atoms with van der Waals surface area (Å²) in [5, 5.41) is 12.0. The van der Waals surface area contributed by atoms with E-state index in [4.69, 9.17) is 5.11 Å². The van der Waals surface area contributed by atoms with Crippen LogP contribution in [-0.4, -0.2) is 22.1 Å². The second-order valence-corrected chi connectivity index (χ2v) is 3.92. The number of hydrogen-bond acceptors (Lipinski definition) is 3. The van der Waals surface area contributed by atoms with Crippen molar-refractivity contribution in [1.29, 1.82) is 0 Å². The molecule has 1 aliphatic rings. The van der Waals surface area contributed by atoms with E-state index in [1.54, 1.807) is 6.20 Å². The second-order valence-electron chi connectivity index (χ2n) is 3.92. The molecular weight excluding hydrogens is 192 g/mol. The van der Waals surface area contributed by atoms with Gasteiger partial charge in [0, 0.05) is 18.4 Å². The molecule has 80 valence electrons. The third-order valence-electron chi connectivity index (χ3n) is 2.90. The summed E-state index contributed by atoms with van der Waals surface area (Å²) in [4.78, 5) is 14.9. The number of rotatable bonds is 2. The lowest BCUT2D eigenvalue weighted by Gasteiger charge is -2.13. The van der Waals surface area contributed by atoms with Gasteiger partial charge in [-0.1, -0.05) is 0 Å². The lowest BCUT2D eigenvalue weighted by molar-refractivity contribution is -0.139. The van der Waals surface area contributed by atoms with Gasteiger partial charge in [0.2, 0.25) is 0 Å². The number of aliphatic carboxylic acids is 1. The molecule has 1 fully saturated rings. The highest BCUT2D eigenvalue weighted by molar-refractivity contribution is 5.74. The standard InChI is InChI=1S/C11H14N2O2/c1-7-4-5-12-6-8(7)9-2-3-10(13-9)11(14)15/h4-6,9-10,13H,2-3H2,1H3,(H,14,15). The summed E-state index contributed by atoms with van der Waals surface area (Å²) in [6, 6.07) is 1.68. The van der Waals surface area contributed by atoms with Crippen molar-refractivity contribution in [3.05, 3.63) is 29.6 Å². The van der Waals surface area contributed by atoms with Gasteiger partial charge >= 0.3 is 5.97 Å². The SMILES string of the molecule is Cc1ccncc1C1CCC(C(=O)O)N1. The number of nitrogens with zero attached hydrogens (tertiary/aromatic N) is 1. The molecule has 4 nitrogen and oxygen atoms in total. The highest BCUT2D eigenvalue weighted by atomic mass is 16.4. The van der Waals surface area contributed by atoms with Crippen LogP contribution in [0.4, 0.5) is 0 Å². The largest absolute Gasteiger partial charge is 0.480 e. The Balaban J connectivity index is 2.14. The molecule has 15 heavy (non-hydrogen) atoms. The first-order chi connectivity index (χ1) is 7.18. The first kappa shape index (κ1) is 10.1. The Morgan fingerprint density at radius 3 is 3.00 bits per heavy atom. The van der Waals surface area contributed by atoms with Gasteiger partial charge in [0.15, 0.2) is 0 Å². The number of carbonyl (C=O) groups is 1. The van der Waals surface area contributed by atoms with Gasteiger partial charge in [0.1, 0.15) is 6.04 Å². The number of carboxylic acid groups (broad SMARTS) is 1. The molecule has 0 amide bonds. The van der Waals surface area contributed by atoms with E-state index in [0.717, 1.165) is 17.5 Å². The van der Waals surface area contributed by atoms with Crippen LogP contribution in [0.15, 0.2) is 18.5 Å². The van der Waals surface area contributed by atoms with E-state index < -0.39 is 12.0 Å². The fourth-order valence-electron chi connectivity index (χ4n) is 2.02. The molecule has 1 aliphatic heterocycles. The van der Waals surface area contributed by atoms with Crippen LogP contribution >= 0.6 is 0 Å². The van der Waals surface area contributed by atoms with Crippen molar-refractivity contribution in [3.8, 4) is 0 Å². The number of pyridine rings is 1. The fraction of sp³-hybridized carbons (Fsp3) is 0.455. The average Bonchev–Trinajstić information content (AvgIpc) is 2.67. The smallest absolute Gasteiger partial charge is 0.320 e. The summed E-state index contributed by atoms with van der Waals surface area (Å²) >= 11 is 0. The van der Waals surface area contributed by atoms with Crippen LogP contribution in [-0.2, 0) is 4.79 Å². The van der Waals surface area contributed by atoms with E-state index in [9.17, 15) is 4.79 Å². The van der Waals surface area contributed by atoms with Crippen LogP contribution in [0.25, 0.3) is 0 Å². The third kappa shape index (κ3) is 1.99. The highest BCUT2D eigenvalue weighted by Gasteiger charge is 2.30. The molecule has 0 bridgehead atoms. The van der Waals surface area contributed by atoms with Crippen LogP contribution in [0.1, 0.15) is 30.0 Å². The molecule has 2 atom stereocenters. The maximum atomic E-state index is 10.8. The minimum Gasteiger partial charge on any atom is -0.480 e. The Morgan fingerprint density at radius 1 is 1.60 bits per heavy atom. The van der Waals surface area contributed by atoms with Gasteiger partial charge in [-0.15, -0.1) is 0 Å². The topological polar surface area (TPSA) is 62.2 Å². The molecule has 1 aromatic heterocycles. The van der Waals surface area contributed by atoms with Crippen LogP contribution in [0, 0.1) is 6.92 Å². The molecule has 0 saturated carbocycles. The highest BCUT2D eigenvalue weighted by Crippen LogP contribution is 2.27. The van der Waals surface area contributed by atoms with Gasteiger partial charge in [-0.25, -0.2) is 0 Å². The summed E-state index contributed by atoms with van der Waals surface area (Å²) in [6.45, 7) is 2.02. The maximum Gasteiger partial charge on any atom is 0.320 e. The normalized spacial score (nSPS) is 25.4. The van der Waals surface area contributed by atoms with E-state index in [1.165, 1.54) is 0 Å². The lowest BCUT2D eigenvalue weighted by atomic mass is 10.0. The van der Waals surface area contributed by atoms with Crippen molar-refractivity contribution in [1.82, 2.24) is 10.3 Å². The van der Waals surface area contributed by atoms with Gasteiger partial charge < -0.3 is 5.11 Å². The van der Waals surface area contributed by atoms with E-state index in [-0.39, 0.29) is 6.04 Å². The Hall–Kier alpha value is -1.42. The number of aromatic nitrogens is 1. The number of carboxylic acids is 1. The Morgan fingerprint density at radius 2 is 2.40 bits per heavy atom. The van der Waals surface area contributed by atoms with Crippen LogP contribution in [0.3, 0.4) is 0 Å². The third-order valence-corrected chi connectivity index (χ3v) is 2.90. The van der Waals surface area contributed by atoms with Gasteiger partial charge in [-0.2, -0.15) is 0 Å². The number of aryl methyl sites for hydroxylation is 1. The van der Waals surface area contributed by atoms with Crippen molar-refractivity contribution in [2.75, 3.05) is 0 Å². The minimum atomic E-state index is -0.765. The first-order valence-electron chi connectivity index (χ1n) is 5.08. The average molecular weight is 206 g/mol. The number of hydrogen-bond donors (Lipinski definition) is 2. The monoisotopic (exact) mass is 206 g/mol. The second kappa shape index (κ2) is 3.98. The molecule has 0 radical (unpaired) electrons. The van der Waals surface area contributed by atoms with Crippen LogP contribution in [0.2, 0.25) is 0 Å². The minimum absolute atomic E-state index is 0.139. The molecule has 1 aromatic rings. The zero-order valence-electron chi connectivity index (χ0n) is 8.60. The van der Waals surface area contributed by atoms with Gasteiger partial charge in [-0.3, -0.25) is 15.1 Å². The van der Waals surface area contributed by atoms with Gasteiger partial charge in [0.25, 0.3) is 0 Å². The summed E-state index contributed by atoms with van der Waals surface area (Å²) in [7, 11) is 0. The molecule has 2 N–H and O–H groups in total. The first-order valence-corrected chi connectivity index (χ1v) is 5.08. The summed E-state index contributed by atoms with van der Waals surface area (Å²) < 4.78 is 0. The lowest BCUT2D eigenvalue weighted by Crippen LogP contribution is -2.32. The zero-order chi connectivity index (χ0) is 10.8. The Labute approximate surface area is 88.3 Å². The van der Waals surface area contributed by atoms with Crippen molar-refractivity contribution in [2.45, 2.75) is 31.8 Å². The fourth-order valence-corrected chi connectivity index (χ4v) is 2.02. The maximum absolute atomic E-state index is 10.8. The quantitative estimate of drug-likeness (QED) is 0.764. The predicted molar refractivity (Wildman–Crippen MR) is 55.5 cm³/mol. The zero-order valence-corrected chi connectivity index (χ0v) is 8.60. The molecule has 0 spiro atoms.